The molecular formula is C21H28F2. The van der Waals surface area contributed by atoms with Crippen LogP contribution in [0.25, 0.3) is 0 Å². The molecule has 0 heterocycles. The van der Waals surface area contributed by atoms with Crippen molar-refractivity contribution < 1.29 is 8.78 Å². The van der Waals surface area contributed by atoms with Gasteiger partial charge in [0.05, 0.1) is 0 Å². The fourth-order valence-corrected chi connectivity index (χ4v) is 4.82. The van der Waals surface area contributed by atoms with Crippen molar-refractivity contribution in [3.8, 4) is 0 Å². The number of benzene rings is 1. The molecule has 0 radical (unpaired) electrons. The number of hydrogen-bond acceptors (Lipinski definition) is 0. The highest BCUT2D eigenvalue weighted by Crippen LogP contribution is 2.48. The van der Waals surface area contributed by atoms with Crippen LogP contribution in [0.1, 0.15) is 69.8 Å². The summed E-state index contributed by atoms with van der Waals surface area (Å²) < 4.78 is 26.6. The van der Waals surface area contributed by atoms with Crippen LogP contribution in [0.4, 0.5) is 8.78 Å². The van der Waals surface area contributed by atoms with E-state index in [1.54, 1.807) is 6.07 Å². The Hall–Kier alpha value is -1.18. The van der Waals surface area contributed by atoms with Gasteiger partial charge in [-0.3, -0.25) is 0 Å². The van der Waals surface area contributed by atoms with Gasteiger partial charge in [0, 0.05) is 0 Å². The Morgan fingerprint density at radius 1 is 1.00 bits per heavy atom. The van der Waals surface area contributed by atoms with Crippen molar-refractivity contribution in [3.63, 3.8) is 0 Å². The summed E-state index contributed by atoms with van der Waals surface area (Å²) in [7, 11) is 0. The lowest BCUT2D eigenvalue weighted by Crippen LogP contribution is -2.30. The molecule has 0 aliphatic heterocycles. The normalized spacial score (nSPS) is 31.3. The average molecular weight is 318 g/mol. The molecule has 2 aliphatic carbocycles. The summed E-state index contributed by atoms with van der Waals surface area (Å²) in [6.07, 6.45) is 14.6. The summed E-state index contributed by atoms with van der Waals surface area (Å²) in [6.45, 7) is 2.09. The maximum Gasteiger partial charge on any atom is 0.159 e. The fraction of sp³-hybridized carbons (Fsp3) is 0.619. The molecule has 0 N–H and O–H groups in total. The zero-order valence-corrected chi connectivity index (χ0v) is 14.1. The number of fused-ring (bicyclic) bond motifs is 1. The molecule has 1 aromatic rings. The van der Waals surface area contributed by atoms with Gasteiger partial charge >= 0.3 is 0 Å². The summed E-state index contributed by atoms with van der Waals surface area (Å²) in [6, 6.07) is 4.49. The molecule has 2 heteroatoms. The van der Waals surface area contributed by atoms with Gasteiger partial charge in [-0.25, -0.2) is 8.78 Å². The highest BCUT2D eigenvalue weighted by atomic mass is 19.2. The van der Waals surface area contributed by atoms with Crippen LogP contribution in [0.3, 0.4) is 0 Å². The van der Waals surface area contributed by atoms with Gasteiger partial charge in [-0.15, -0.1) is 0 Å². The summed E-state index contributed by atoms with van der Waals surface area (Å²) >= 11 is 0. The van der Waals surface area contributed by atoms with Crippen LogP contribution < -0.4 is 0 Å². The highest BCUT2D eigenvalue weighted by molar-refractivity contribution is 5.22. The van der Waals surface area contributed by atoms with E-state index in [1.807, 2.05) is 0 Å². The Labute approximate surface area is 139 Å². The monoisotopic (exact) mass is 318 g/mol. The van der Waals surface area contributed by atoms with E-state index in [1.165, 1.54) is 50.7 Å². The number of allylic oxidation sites excluding steroid dienone is 2. The molecule has 23 heavy (non-hydrogen) atoms. The molecule has 0 amide bonds. The van der Waals surface area contributed by atoms with E-state index in [2.05, 4.69) is 19.1 Å². The van der Waals surface area contributed by atoms with Crippen LogP contribution in [0.5, 0.6) is 0 Å². The lowest BCUT2D eigenvalue weighted by molar-refractivity contribution is 0.115. The minimum Gasteiger partial charge on any atom is -0.204 e. The minimum atomic E-state index is -0.732. The second-order valence-corrected chi connectivity index (χ2v) is 7.53. The summed E-state index contributed by atoms with van der Waals surface area (Å²) in [5.41, 5.74) is 0.998. The van der Waals surface area contributed by atoms with Gasteiger partial charge < -0.3 is 0 Å². The van der Waals surface area contributed by atoms with E-state index in [4.69, 9.17) is 0 Å². The smallest absolute Gasteiger partial charge is 0.159 e. The Kier molecular flexibility index (Phi) is 5.50. The fourth-order valence-electron chi connectivity index (χ4n) is 4.82. The maximum atomic E-state index is 13.5. The standard InChI is InChI=1S/C21H28F2/c1-2-3-4-5-15-6-7-17-13-18(9-8-16(17)12-15)19-10-11-20(22)21(23)14-19/h2-3,10-11,14-18H,4-9,12-13H2,1H3/t15-,16-,17-,18?/m1/s1. The zero-order valence-electron chi connectivity index (χ0n) is 14.1. The molecule has 3 rings (SSSR count). The third-order valence-electron chi connectivity index (χ3n) is 6.11. The van der Waals surface area contributed by atoms with E-state index < -0.39 is 11.6 Å². The maximum absolute atomic E-state index is 13.5. The number of rotatable bonds is 4. The third kappa shape index (κ3) is 4.02. The second-order valence-electron chi connectivity index (χ2n) is 7.53. The molecule has 0 bridgehead atoms. The first-order chi connectivity index (χ1) is 11.2. The van der Waals surface area contributed by atoms with Crippen LogP contribution in [0.2, 0.25) is 0 Å². The summed E-state index contributed by atoms with van der Waals surface area (Å²) in [4.78, 5) is 0. The Balaban J connectivity index is 1.57. The molecule has 2 fully saturated rings. The van der Waals surface area contributed by atoms with Gasteiger partial charge in [-0.1, -0.05) is 24.6 Å². The van der Waals surface area contributed by atoms with Crippen molar-refractivity contribution in [2.24, 2.45) is 17.8 Å². The molecule has 1 aromatic carbocycles. The van der Waals surface area contributed by atoms with Crippen LogP contribution in [0.15, 0.2) is 30.4 Å². The van der Waals surface area contributed by atoms with E-state index in [0.717, 1.165) is 36.2 Å². The molecule has 126 valence electrons. The van der Waals surface area contributed by atoms with Gasteiger partial charge in [0.15, 0.2) is 11.6 Å². The molecule has 0 spiro atoms. The lowest BCUT2D eigenvalue weighted by atomic mass is 9.63. The molecule has 0 nitrogen and oxygen atoms in total. The van der Waals surface area contributed by atoms with Gasteiger partial charge in [-0.2, -0.15) is 0 Å². The van der Waals surface area contributed by atoms with E-state index in [-0.39, 0.29) is 0 Å². The van der Waals surface area contributed by atoms with Crippen molar-refractivity contribution in [1.29, 1.82) is 0 Å². The molecule has 1 unspecified atom stereocenters. The average Bonchev–Trinajstić information content (AvgIpc) is 2.57. The Morgan fingerprint density at radius 2 is 1.78 bits per heavy atom. The Morgan fingerprint density at radius 3 is 2.57 bits per heavy atom. The molecular weight excluding hydrogens is 290 g/mol. The lowest BCUT2D eigenvalue weighted by Gasteiger charge is -2.42. The number of halogens is 2. The Bertz CT molecular complexity index is 549. The molecule has 0 aromatic heterocycles. The van der Waals surface area contributed by atoms with Crippen molar-refractivity contribution in [3.05, 3.63) is 47.5 Å². The van der Waals surface area contributed by atoms with Gasteiger partial charge in [0.25, 0.3) is 0 Å². The largest absolute Gasteiger partial charge is 0.204 e. The highest BCUT2D eigenvalue weighted by Gasteiger charge is 2.35. The summed E-state index contributed by atoms with van der Waals surface area (Å²) in [5.74, 6) is 1.54. The number of hydrogen-bond donors (Lipinski definition) is 0. The predicted octanol–water partition coefficient (Wildman–Crippen LogP) is 6.62. The zero-order chi connectivity index (χ0) is 16.2. The van der Waals surface area contributed by atoms with Crippen molar-refractivity contribution in [2.75, 3.05) is 0 Å². The molecule has 4 atom stereocenters. The third-order valence-corrected chi connectivity index (χ3v) is 6.11. The van der Waals surface area contributed by atoms with Crippen molar-refractivity contribution in [2.45, 2.75) is 64.2 Å². The molecule has 2 aliphatic rings. The quantitative estimate of drug-likeness (QED) is 0.547. The van der Waals surface area contributed by atoms with Crippen LogP contribution in [0, 0.1) is 29.4 Å². The van der Waals surface area contributed by atoms with Gasteiger partial charge in [-0.05, 0) is 93.2 Å². The molecule has 2 saturated carbocycles. The van der Waals surface area contributed by atoms with E-state index >= 15 is 0 Å². The van der Waals surface area contributed by atoms with E-state index in [0.29, 0.717) is 5.92 Å². The van der Waals surface area contributed by atoms with Gasteiger partial charge in [0.1, 0.15) is 0 Å². The molecule has 0 saturated heterocycles. The first kappa shape index (κ1) is 16.7. The summed E-state index contributed by atoms with van der Waals surface area (Å²) in [5, 5.41) is 0. The van der Waals surface area contributed by atoms with Crippen LogP contribution >= 0.6 is 0 Å². The minimum absolute atomic E-state index is 0.422. The topological polar surface area (TPSA) is 0 Å². The predicted molar refractivity (Wildman–Crippen MR) is 91.3 cm³/mol. The van der Waals surface area contributed by atoms with Crippen molar-refractivity contribution in [1.82, 2.24) is 0 Å². The van der Waals surface area contributed by atoms with Crippen LogP contribution in [-0.4, -0.2) is 0 Å². The van der Waals surface area contributed by atoms with Gasteiger partial charge in [0.2, 0.25) is 0 Å². The first-order valence-electron chi connectivity index (χ1n) is 9.23. The van der Waals surface area contributed by atoms with Crippen molar-refractivity contribution >= 4 is 0 Å². The SMILES string of the molecule is CC=CCC[C@@H]1CC[C@@H]2CC(c3ccc(F)c(F)c3)CC[C@@H]2C1. The van der Waals surface area contributed by atoms with Crippen LogP contribution in [-0.2, 0) is 0 Å². The second kappa shape index (κ2) is 7.59. The first-order valence-corrected chi connectivity index (χ1v) is 9.23. The van der Waals surface area contributed by atoms with E-state index in [9.17, 15) is 8.78 Å².